The molecule has 0 aliphatic rings. The maximum atomic E-state index is 12.3. The van der Waals surface area contributed by atoms with Crippen LogP contribution in [0.25, 0.3) is 43.1 Å². The average molecular weight is 946 g/mol. The highest BCUT2D eigenvalue weighted by molar-refractivity contribution is 7.86. The third kappa shape index (κ3) is 9.98. The fourth-order valence-electron chi connectivity index (χ4n) is 7.60. The van der Waals surface area contributed by atoms with Crippen LogP contribution in [0.5, 0.6) is 17.2 Å². The van der Waals surface area contributed by atoms with E-state index >= 15 is 0 Å². The quantitative estimate of drug-likeness (QED) is 0.0431. The molecule has 0 fully saturated rings. The number of nitrogens with one attached hydrogen (secondary N) is 1. The van der Waals surface area contributed by atoms with Crippen molar-refractivity contribution in [3.05, 3.63) is 158 Å². The molecule has 0 amide bonds. The first-order valence-electron chi connectivity index (χ1n) is 20.9. The van der Waals surface area contributed by atoms with E-state index in [1.54, 1.807) is 42.5 Å². The van der Waals surface area contributed by atoms with Crippen LogP contribution in [0.2, 0.25) is 0 Å². The SMILES string of the molecule is COc1cc(N=Nc2ccc3cccc(OCCCS(=O)(=O)O)c3c2)c2ccccc2c1N=Nc1ccc(N=Nc2ccc3cc(Nc4ccccc4)ccc3c2O)c2cc(S(=O)(=O)O)ccc12. The summed E-state index contributed by atoms with van der Waals surface area (Å²) in [4.78, 5) is -0.368. The number of rotatable bonds is 15. The molecule has 0 spiro atoms. The van der Waals surface area contributed by atoms with Crippen molar-refractivity contribution in [1.82, 2.24) is 0 Å². The minimum Gasteiger partial charge on any atom is -0.505 e. The first-order chi connectivity index (χ1) is 32.8. The van der Waals surface area contributed by atoms with Crippen molar-refractivity contribution in [1.29, 1.82) is 0 Å². The molecule has 0 saturated carbocycles. The van der Waals surface area contributed by atoms with Gasteiger partial charge in [-0.15, -0.1) is 25.6 Å². The van der Waals surface area contributed by atoms with Gasteiger partial charge in [-0.1, -0.05) is 72.8 Å². The summed E-state index contributed by atoms with van der Waals surface area (Å²) in [6.45, 7) is 0.0809. The first kappa shape index (κ1) is 45.0. The Balaban J connectivity index is 1.02. The highest BCUT2D eigenvalue weighted by atomic mass is 32.2. The highest BCUT2D eigenvalue weighted by Gasteiger charge is 2.17. The van der Waals surface area contributed by atoms with E-state index in [1.165, 1.54) is 25.3 Å². The van der Waals surface area contributed by atoms with Crippen molar-refractivity contribution < 1.29 is 40.5 Å². The summed E-state index contributed by atoms with van der Waals surface area (Å²) in [7, 11) is -7.23. The van der Waals surface area contributed by atoms with Gasteiger partial charge < -0.3 is 19.9 Å². The second-order valence-electron chi connectivity index (χ2n) is 15.4. The highest BCUT2D eigenvalue weighted by Crippen LogP contribution is 2.45. The number of ether oxygens (including phenoxy) is 2. The van der Waals surface area contributed by atoms with Crippen molar-refractivity contribution >= 4 is 109 Å². The minimum absolute atomic E-state index is 0.0809. The maximum absolute atomic E-state index is 12.3. The van der Waals surface area contributed by atoms with Gasteiger partial charge in [-0.3, -0.25) is 9.11 Å². The summed E-state index contributed by atoms with van der Waals surface area (Å²) >= 11 is 0. The number of phenols is 1. The molecule has 0 unspecified atom stereocenters. The third-order valence-corrected chi connectivity index (χ3v) is 12.5. The first-order valence-corrected chi connectivity index (χ1v) is 23.9. The van der Waals surface area contributed by atoms with Gasteiger partial charge in [0.2, 0.25) is 0 Å². The van der Waals surface area contributed by atoms with E-state index < -0.39 is 26.0 Å². The third-order valence-electron chi connectivity index (χ3n) is 10.9. The fraction of sp³-hybridized carbons (Fsp3) is 0.0800. The summed E-state index contributed by atoms with van der Waals surface area (Å²) in [5, 5.41) is 46.7. The zero-order valence-corrected chi connectivity index (χ0v) is 37.6. The lowest BCUT2D eigenvalue weighted by Gasteiger charge is -2.11. The molecule has 0 bridgehead atoms. The Labute approximate surface area is 389 Å². The van der Waals surface area contributed by atoms with Crippen molar-refractivity contribution in [2.75, 3.05) is 24.8 Å². The summed E-state index contributed by atoms with van der Waals surface area (Å²) in [6, 6.07) is 46.0. The molecule has 16 nitrogen and oxygen atoms in total. The van der Waals surface area contributed by atoms with Crippen LogP contribution in [0, 0.1) is 0 Å². The predicted octanol–water partition coefficient (Wildman–Crippen LogP) is 13.9. The minimum atomic E-state index is -4.62. The van der Waals surface area contributed by atoms with Crippen molar-refractivity contribution in [2.24, 2.45) is 30.7 Å². The zero-order chi connectivity index (χ0) is 47.4. The molecule has 0 aromatic heterocycles. The van der Waals surface area contributed by atoms with E-state index in [1.807, 2.05) is 97.1 Å². The molecule has 4 N–H and O–H groups in total. The van der Waals surface area contributed by atoms with E-state index in [0.717, 1.165) is 27.5 Å². The number of hydrogen-bond donors (Lipinski definition) is 4. The molecule has 0 saturated heterocycles. The molecule has 9 aromatic carbocycles. The number of azo groups is 3. The standard InChI is InChI=1S/C50H39N7O9S2/c1-65-48-30-46(56-52-35-17-15-31-9-7-14-47(41(31)28-35)66-25-8-26-67(59,60)61)38-12-5-6-13-40(38)49(48)57-54-43-23-24-44(42-29-36(68(62,63)64)19-21-39(42)43)53-55-45-22-16-32-27-34(18-20-37(32)50(45)58)51-33-10-3-2-4-11-33/h2-7,9-24,27-30,51,58H,8,25-26H2,1H3,(H,59,60,61)(H,62,63,64). The summed E-state index contributed by atoms with van der Waals surface area (Å²) < 4.78 is 77.6. The maximum Gasteiger partial charge on any atom is 0.294 e. The van der Waals surface area contributed by atoms with Gasteiger partial charge >= 0.3 is 0 Å². The van der Waals surface area contributed by atoms with E-state index in [0.29, 0.717) is 55.8 Å². The Hall–Kier alpha value is -8.16. The topological polar surface area (TPSA) is 234 Å². The Morgan fingerprint density at radius 3 is 1.97 bits per heavy atom. The number of benzene rings is 9. The molecule has 0 aliphatic carbocycles. The molecule has 0 aliphatic heterocycles. The Kier molecular flexibility index (Phi) is 12.6. The van der Waals surface area contributed by atoms with Gasteiger partial charge in [0.25, 0.3) is 20.2 Å². The van der Waals surface area contributed by atoms with Gasteiger partial charge in [0, 0.05) is 49.8 Å². The van der Waals surface area contributed by atoms with Crippen LogP contribution >= 0.6 is 0 Å². The van der Waals surface area contributed by atoms with Gasteiger partial charge in [-0.05, 0) is 96.1 Å². The van der Waals surface area contributed by atoms with Crippen LogP contribution in [-0.2, 0) is 20.2 Å². The summed E-state index contributed by atoms with van der Waals surface area (Å²) in [5.41, 5.74) is 3.87. The molecule has 340 valence electrons. The van der Waals surface area contributed by atoms with Gasteiger partial charge in [-0.25, -0.2) is 0 Å². The van der Waals surface area contributed by atoms with Crippen LogP contribution in [0.3, 0.4) is 0 Å². The van der Waals surface area contributed by atoms with Crippen molar-refractivity contribution in [3.63, 3.8) is 0 Å². The molecular weight excluding hydrogens is 907 g/mol. The van der Waals surface area contributed by atoms with Crippen molar-refractivity contribution in [3.8, 4) is 17.2 Å². The number of phenolic OH excluding ortho intramolecular Hbond substituents is 1. The summed E-state index contributed by atoms with van der Waals surface area (Å²) in [6.07, 6.45) is 0.114. The number of aromatic hydroxyl groups is 1. The van der Waals surface area contributed by atoms with E-state index in [2.05, 4.69) is 36.0 Å². The average Bonchev–Trinajstić information content (AvgIpc) is 3.33. The lowest BCUT2D eigenvalue weighted by atomic mass is 10.1. The second-order valence-corrected chi connectivity index (χ2v) is 18.4. The molecule has 18 heteroatoms. The molecule has 0 atom stereocenters. The lowest BCUT2D eigenvalue weighted by molar-refractivity contribution is 0.319. The molecule has 9 rings (SSSR count). The smallest absolute Gasteiger partial charge is 0.294 e. The van der Waals surface area contributed by atoms with Crippen LogP contribution in [0.1, 0.15) is 6.42 Å². The lowest BCUT2D eigenvalue weighted by Crippen LogP contribution is -2.08. The van der Waals surface area contributed by atoms with Crippen molar-refractivity contribution in [2.45, 2.75) is 11.3 Å². The van der Waals surface area contributed by atoms with Gasteiger partial charge in [-0.2, -0.15) is 21.9 Å². The molecule has 0 heterocycles. The van der Waals surface area contributed by atoms with Gasteiger partial charge in [0.1, 0.15) is 22.9 Å². The van der Waals surface area contributed by atoms with E-state index in [-0.39, 0.29) is 40.4 Å². The van der Waals surface area contributed by atoms with Gasteiger partial charge in [0.05, 0.1) is 47.1 Å². The molecule has 0 radical (unpaired) electrons. The van der Waals surface area contributed by atoms with Crippen LogP contribution in [0.4, 0.5) is 45.5 Å². The fourth-order valence-corrected chi connectivity index (χ4v) is 8.59. The second kappa shape index (κ2) is 19.0. The zero-order valence-electron chi connectivity index (χ0n) is 35.9. The predicted molar refractivity (Wildman–Crippen MR) is 263 cm³/mol. The number of hydrogen-bond acceptors (Lipinski definition) is 14. The monoisotopic (exact) mass is 945 g/mol. The number of para-hydroxylation sites is 1. The Morgan fingerprint density at radius 2 is 1.19 bits per heavy atom. The Bertz CT molecular complexity index is 3740. The van der Waals surface area contributed by atoms with Gasteiger partial charge in [0.15, 0.2) is 5.75 Å². The molecule has 9 aromatic rings. The number of nitrogens with zero attached hydrogens (tertiary/aromatic N) is 6. The van der Waals surface area contributed by atoms with Crippen LogP contribution in [-0.4, -0.2) is 50.5 Å². The number of fused-ring (bicyclic) bond motifs is 4. The van der Waals surface area contributed by atoms with Crippen LogP contribution < -0.4 is 14.8 Å². The number of methoxy groups -OCH3 is 1. The Morgan fingerprint density at radius 1 is 0.515 bits per heavy atom. The number of anilines is 2. The van der Waals surface area contributed by atoms with E-state index in [4.69, 9.17) is 14.0 Å². The summed E-state index contributed by atoms with van der Waals surface area (Å²) in [5.74, 6) is 0.353. The molecule has 68 heavy (non-hydrogen) atoms. The van der Waals surface area contributed by atoms with E-state index in [9.17, 15) is 26.5 Å². The van der Waals surface area contributed by atoms with Crippen LogP contribution in [0.15, 0.2) is 193 Å². The largest absolute Gasteiger partial charge is 0.505 e. The molecular formula is C50H39N7O9S2. The normalized spacial score (nSPS) is 12.3.